The topological polar surface area (TPSA) is 35.6 Å². The van der Waals surface area contributed by atoms with E-state index in [1.54, 1.807) is 4.90 Å². The minimum atomic E-state index is -4.20. The number of nitrogens with one attached hydrogen (secondary N) is 1. The third-order valence-corrected chi connectivity index (χ3v) is 5.32. The van der Waals surface area contributed by atoms with Crippen LogP contribution >= 0.6 is 0 Å². The van der Waals surface area contributed by atoms with Gasteiger partial charge < -0.3 is 10.2 Å². The SMILES string of the molecule is CC(CC(=O)N1CCN(C(C)C(F)(F)F)CC1)C1CCCNC1. The van der Waals surface area contributed by atoms with Crippen LogP contribution in [0.3, 0.4) is 0 Å². The number of piperazine rings is 1. The van der Waals surface area contributed by atoms with Crippen molar-refractivity contribution in [3.05, 3.63) is 0 Å². The minimum Gasteiger partial charge on any atom is -0.340 e. The molecule has 2 saturated heterocycles. The summed E-state index contributed by atoms with van der Waals surface area (Å²) in [6.45, 7) is 6.70. The first-order valence-electron chi connectivity index (χ1n) is 8.58. The second-order valence-electron chi connectivity index (χ2n) is 6.92. The highest BCUT2D eigenvalue weighted by atomic mass is 19.4. The number of carbonyl (C=O) groups is 1. The fourth-order valence-corrected chi connectivity index (χ4v) is 3.50. The second kappa shape index (κ2) is 7.83. The van der Waals surface area contributed by atoms with Gasteiger partial charge in [0, 0.05) is 32.6 Å². The van der Waals surface area contributed by atoms with E-state index < -0.39 is 12.2 Å². The predicted molar refractivity (Wildman–Crippen MR) is 83.0 cm³/mol. The highest BCUT2D eigenvalue weighted by Crippen LogP contribution is 2.26. The monoisotopic (exact) mass is 335 g/mol. The highest BCUT2D eigenvalue weighted by Gasteiger charge is 2.41. The van der Waals surface area contributed by atoms with E-state index in [1.165, 1.54) is 11.8 Å². The van der Waals surface area contributed by atoms with Crippen LogP contribution in [0.4, 0.5) is 13.2 Å². The van der Waals surface area contributed by atoms with Gasteiger partial charge >= 0.3 is 6.18 Å². The Morgan fingerprint density at radius 1 is 1.22 bits per heavy atom. The van der Waals surface area contributed by atoms with Crippen LogP contribution in [-0.4, -0.2) is 67.2 Å². The zero-order valence-electron chi connectivity index (χ0n) is 14.0. The van der Waals surface area contributed by atoms with E-state index in [4.69, 9.17) is 0 Å². The number of halogens is 3. The number of amides is 1. The summed E-state index contributed by atoms with van der Waals surface area (Å²) < 4.78 is 38.2. The van der Waals surface area contributed by atoms with Crippen LogP contribution in [0.5, 0.6) is 0 Å². The van der Waals surface area contributed by atoms with E-state index in [-0.39, 0.29) is 5.91 Å². The van der Waals surface area contributed by atoms with Crippen LogP contribution < -0.4 is 5.32 Å². The van der Waals surface area contributed by atoms with Crippen molar-refractivity contribution in [2.45, 2.75) is 45.3 Å². The molecule has 7 heteroatoms. The van der Waals surface area contributed by atoms with Gasteiger partial charge in [-0.05, 0) is 44.7 Å². The van der Waals surface area contributed by atoms with Crippen molar-refractivity contribution in [2.24, 2.45) is 11.8 Å². The smallest absolute Gasteiger partial charge is 0.340 e. The summed E-state index contributed by atoms with van der Waals surface area (Å²) in [4.78, 5) is 15.5. The Morgan fingerprint density at radius 3 is 2.39 bits per heavy atom. The minimum absolute atomic E-state index is 0.0855. The molecule has 0 bridgehead atoms. The van der Waals surface area contributed by atoms with Crippen LogP contribution in [0, 0.1) is 11.8 Å². The summed E-state index contributed by atoms with van der Waals surface area (Å²) in [6, 6.07) is -1.44. The molecule has 0 saturated carbocycles. The first-order chi connectivity index (χ1) is 10.8. The lowest BCUT2D eigenvalue weighted by atomic mass is 9.85. The van der Waals surface area contributed by atoms with Gasteiger partial charge in [-0.15, -0.1) is 0 Å². The Kier molecular flexibility index (Phi) is 6.31. The molecule has 2 heterocycles. The summed E-state index contributed by atoms with van der Waals surface area (Å²) in [5, 5.41) is 3.36. The Labute approximate surface area is 136 Å². The molecule has 0 aromatic heterocycles. The Bertz CT molecular complexity index is 389. The summed E-state index contributed by atoms with van der Waals surface area (Å²) in [6.07, 6.45) is -1.40. The number of piperidine rings is 1. The van der Waals surface area contributed by atoms with Crippen molar-refractivity contribution in [3.63, 3.8) is 0 Å². The molecule has 0 spiro atoms. The number of rotatable bonds is 4. The summed E-state index contributed by atoms with van der Waals surface area (Å²) >= 11 is 0. The van der Waals surface area contributed by atoms with Crippen molar-refractivity contribution >= 4 is 5.91 Å². The van der Waals surface area contributed by atoms with Crippen molar-refractivity contribution < 1.29 is 18.0 Å². The maximum absolute atomic E-state index is 12.7. The van der Waals surface area contributed by atoms with Crippen LogP contribution in [0.2, 0.25) is 0 Å². The third-order valence-electron chi connectivity index (χ3n) is 5.32. The molecule has 3 atom stereocenters. The fourth-order valence-electron chi connectivity index (χ4n) is 3.50. The number of alkyl halides is 3. The van der Waals surface area contributed by atoms with Gasteiger partial charge in [-0.3, -0.25) is 9.69 Å². The number of carbonyl (C=O) groups excluding carboxylic acids is 1. The van der Waals surface area contributed by atoms with Gasteiger partial charge in [0.2, 0.25) is 5.91 Å². The van der Waals surface area contributed by atoms with Crippen molar-refractivity contribution in [2.75, 3.05) is 39.3 Å². The molecule has 23 heavy (non-hydrogen) atoms. The fraction of sp³-hybridized carbons (Fsp3) is 0.938. The lowest BCUT2D eigenvalue weighted by Gasteiger charge is -2.39. The highest BCUT2D eigenvalue weighted by molar-refractivity contribution is 5.76. The summed E-state index contributed by atoms with van der Waals surface area (Å²) in [5.41, 5.74) is 0. The number of hydrogen-bond donors (Lipinski definition) is 1. The van der Waals surface area contributed by atoms with E-state index in [0.29, 0.717) is 44.4 Å². The van der Waals surface area contributed by atoms with Crippen LogP contribution in [-0.2, 0) is 4.79 Å². The van der Waals surface area contributed by atoms with Crippen molar-refractivity contribution in [1.82, 2.24) is 15.1 Å². The lowest BCUT2D eigenvalue weighted by molar-refractivity contribution is -0.183. The van der Waals surface area contributed by atoms with Gasteiger partial charge in [0.25, 0.3) is 0 Å². The van der Waals surface area contributed by atoms with E-state index >= 15 is 0 Å². The molecular formula is C16H28F3N3O. The van der Waals surface area contributed by atoms with Gasteiger partial charge in [-0.1, -0.05) is 6.92 Å². The van der Waals surface area contributed by atoms with Gasteiger partial charge in [-0.25, -0.2) is 0 Å². The normalized spacial score (nSPS) is 26.8. The molecule has 1 N–H and O–H groups in total. The molecule has 3 unspecified atom stereocenters. The molecule has 2 fully saturated rings. The predicted octanol–water partition coefficient (Wildman–Crippen LogP) is 2.11. The largest absolute Gasteiger partial charge is 0.403 e. The summed E-state index contributed by atoms with van der Waals surface area (Å²) in [7, 11) is 0. The van der Waals surface area contributed by atoms with Crippen LogP contribution in [0.25, 0.3) is 0 Å². The third kappa shape index (κ3) is 5.08. The van der Waals surface area contributed by atoms with Gasteiger partial charge in [-0.2, -0.15) is 13.2 Å². The molecule has 134 valence electrons. The maximum Gasteiger partial charge on any atom is 0.403 e. The number of hydrogen-bond acceptors (Lipinski definition) is 3. The van der Waals surface area contributed by atoms with Gasteiger partial charge in [0.05, 0.1) is 0 Å². The zero-order chi connectivity index (χ0) is 17.0. The molecule has 0 aromatic carbocycles. The molecule has 2 rings (SSSR count). The number of nitrogens with zero attached hydrogens (tertiary/aromatic N) is 2. The van der Waals surface area contributed by atoms with Gasteiger partial charge in [0.1, 0.15) is 6.04 Å². The maximum atomic E-state index is 12.7. The average molecular weight is 335 g/mol. The van der Waals surface area contributed by atoms with Crippen molar-refractivity contribution in [1.29, 1.82) is 0 Å². The Hall–Kier alpha value is -0.820. The Balaban J connectivity index is 1.77. The van der Waals surface area contributed by atoms with E-state index in [0.717, 1.165) is 25.9 Å². The molecule has 2 aliphatic rings. The first kappa shape index (κ1) is 18.5. The van der Waals surface area contributed by atoms with Crippen molar-refractivity contribution in [3.8, 4) is 0 Å². The lowest BCUT2D eigenvalue weighted by Crippen LogP contribution is -2.55. The molecule has 0 radical (unpaired) electrons. The first-order valence-corrected chi connectivity index (χ1v) is 8.58. The standard InChI is InChI=1S/C16H28F3N3O/c1-12(14-4-3-5-20-11-14)10-15(23)22-8-6-21(7-9-22)13(2)16(17,18)19/h12-14,20H,3-11H2,1-2H3. The molecule has 0 aromatic rings. The molecule has 4 nitrogen and oxygen atoms in total. The average Bonchev–Trinajstić information content (AvgIpc) is 2.54. The van der Waals surface area contributed by atoms with E-state index in [9.17, 15) is 18.0 Å². The van der Waals surface area contributed by atoms with E-state index in [2.05, 4.69) is 12.2 Å². The Morgan fingerprint density at radius 2 is 1.87 bits per heavy atom. The molecule has 1 amide bonds. The zero-order valence-corrected chi connectivity index (χ0v) is 14.0. The molecule has 0 aliphatic carbocycles. The quantitative estimate of drug-likeness (QED) is 0.855. The van der Waals surface area contributed by atoms with Gasteiger partial charge in [0.15, 0.2) is 0 Å². The van der Waals surface area contributed by atoms with Crippen LogP contribution in [0.1, 0.15) is 33.1 Å². The molecule has 2 aliphatic heterocycles. The van der Waals surface area contributed by atoms with E-state index in [1.807, 2.05) is 0 Å². The second-order valence-corrected chi connectivity index (χ2v) is 6.92. The molecular weight excluding hydrogens is 307 g/mol. The van der Waals surface area contributed by atoms with Crippen LogP contribution in [0.15, 0.2) is 0 Å². The summed E-state index contributed by atoms with van der Waals surface area (Å²) in [5.74, 6) is 0.934.